The lowest BCUT2D eigenvalue weighted by Crippen LogP contribution is -1.88. The largest absolute Gasteiger partial charge is 0.399 e. The first-order valence-electron chi connectivity index (χ1n) is 5.82. The molecule has 2 rings (SSSR count). The molecular weight excluding hydrogens is 397 g/mol. The van der Waals surface area contributed by atoms with Crippen molar-refractivity contribution in [3.63, 3.8) is 0 Å². The minimum atomic E-state index is 0.714. The lowest BCUT2D eigenvalue weighted by molar-refractivity contribution is 1.38. The molecule has 0 saturated carbocycles. The highest BCUT2D eigenvalue weighted by atomic mass is 79.9. The fourth-order valence-electron chi connectivity index (χ4n) is 1.53. The Hall–Kier alpha value is -0.000000000000000278. The Morgan fingerprint density at radius 2 is 1.65 bits per heavy atom. The Kier molecular flexibility index (Phi) is 6.43. The topological polar surface area (TPSA) is 26.0 Å². The number of thioether (sulfide) groups is 2. The van der Waals surface area contributed by atoms with E-state index in [2.05, 4.69) is 15.9 Å². The maximum Gasteiger partial charge on any atom is 0.0542 e. The molecule has 0 heterocycles. The zero-order valence-corrected chi connectivity index (χ0v) is 15.1. The molecule has 0 atom stereocenters. The fourth-order valence-corrected chi connectivity index (χ4v) is 4.67. The van der Waals surface area contributed by atoms with Crippen molar-refractivity contribution in [2.24, 2.45) is 0 Å². The Balaban J connectivity index is 1.86. The summed E-state index contributed by atoms with van der Waals surface area (Å²) in [6, 6.07) is 11.4. The number of hydrogen-bond donors (Lipinski definition) is 1. The van der Waals surface area contributed by atoms with Gasteiger partial charge in [-0.05, 0) is 52.3 Å². The van der Waals surface area contributed by atoms with Crippen LogP contribution < -0.4 is 5.73 Å². The number of benzene rings is 2. The zero-order chi connectivity index (χ0) is 14.5. The van der Waals surface area contributed by atoms with Gasteiger partial charge in [0.05, 0.1) is 5.02 Å². The molecule has 0 amide bonds. The van der Waals surface area contributed by atoms with E-state index in [9.17, 15) is 0 Å². The van der Waals surface area contributed by atoms with E-state index in [1.807, 2.05) is 30.3 Å². The molecule has 0 saturated heterocycles. The molecule has 0 aliphatic rings. The first-order chi connectivity index (χ1) is 9.56. The van der Waals surface area contributed by atoms with Gasteiger partial charge >= 0.3 is 0 Å². The van der Waals surface area contributed by atoms with Gasteiger partial charge in [0.2, 0.25) is 0 Å². The number of nitrogens with two attached hydrogens (primary N) is 1. The summed E-state index contributed by atoms with van der Waals surface area (Å²) in [4.78, 5) is 2.22. The Labute approximate surface area is 145 Å². The summed E-state index contributed by atoms with van der Waals surface area (Å²) < 4.78 is 1.04. The number of rotatable bonds is 5. The van der Waals surface area contributed by atoms with Gasteiger partial charge in [0.1, 0.15) is 0 Å². The van der Waals surface area contributed by atoms with Gasteiger partial charge in [-0.2, -0.15) is 0 Å². The molecule has 0 aliphatic carbocycles. The molecule has 0 spiro atoms. The third-order valence-electron chi connectivity index (χ3n) is 2.45. The predicted molar refractivity (Wildman–Crippen MR) is 96.5 cm³/mol. The van der Waals surface area contributed by atoms with Gasteiger partial charge in [-0.3, -0.25) is 0 Å². The molecule has 106 valence electrons. The van der Waals surface area contributed by atoms with Crippen LogP contribution in [0.3, 0.4) is 0 Å². The van der Waals surface area contributed by atoms with E-state index < -0.39 is 0 Å². The van der Waals surface area contributed by atoms with Crippen LogP contribution in [0.15, 0.2) is 50.7 Å². The fraction of sp³-hybridized carbons (Fsp3) is 0.143. The van der Waals surface area contributed by atoms with E-state index in [-0.39, 0.29) is 0 Å². The molecule has 0 aromatic heterocycles. The first-order valence-corrected chi connectivity index (χ1v) is 9.34. The van der Waals surface area contributed by atoms with Crippen LogP contribution in [0.25, 0.3) is 0 Å². The Morgan fingerprint density at radius 3 is 2.35 bits per heavy atom. The van der Waals surface area contributed by atoms with Crippen LogP contribution in [-0.2, 0) is 0 Å². The van der Waals surface area contributed by atoms with Crippen molar-refractivity contribution in [1.82, 2.24) is 0 Å². The van der Waals surface area contributed by atoms with Gasteiger partial charge < -0.3 is 5.73 Å². The summed E-state index contributed by atoms with van der Waals surface area (Å²) in [5.41, 5.74) is 6.48. The molecule has 0 fully saturated rings. The van der Waals surface area contributed by atoms with Crippen molar-refractivity contribution < 1.29 is 0 Å². The lowest BCUT2D eigenvalue weighted by Gasteiger charge is -2.06. The normalized spacial score (nSPS) is 10.8. The molecule has 0 radical (unpaired) electrons. The number of halogens is 3. The van der Waals surface area contributed by atoms with E-state index in [1.54, 1.807) is 29.6 Å². The van der Waals surface area contributed by atoms with Crippen molar-refractivity contribution in [3.8, 4) is 0 Å². The second-order valence-electron chi connectivity index (χ2n) is 3.96. The third-order valence-corrected chi connectivity index (χ3v) is 6.43. The standard InChI is InChI=1S/C14H12BrCl2NS2/c15-11-8-10(18)2-4-13(11)19-5-6-20-14-7-9(16)1-3-12(14)17/h1-4,7-8H,5-6,18H2. The predicted octanol–water partition coefficient (Wildman–Crippen LogP) is 6.22. The monoisotopic (exact) mass is 407 g/mol. The van der Waals surface area contributed by atoms with E-state index in [0.29, 0.717) is 5.02 Å². The SMILES string of the molecule is Nc1ccc(SCCSc2cc(Cl)ccc2Cl)c(Br)c1. The molecule has 20 heavy (non-hydrogen) atoms. The number of hydrogen-bond acceptors (Lipinski definition) is 3. The van der Waals surface area contributed by atoms with Crippen molar-refractivity contribution in [2.75, 3.05) is 17.2 Å². The van der Waals surface area contributed by atoms with Crippen LogP contribution in [-0.4, -0.2) is 11.5 Å². The van der Waals surface area contributed by atoms with Crippen molar-refractivity contribution in [1.29, 1.82) is 0 Å². The van der Waals surface area contributed by atoms with E-state index in [1.165, 1.54) is 4.90 Å². The van der Waals surface area contributed by atoms with Gasteiger partial charge in [-0.15, -0.1) is 23.5 Å². The van der Waals surface area contributed by atoms with Gasteiger partial charge in [-0.1, -0.05) is 23.2 Å². The number of nitrogen functional groups attached to an aromatic ring is 1. The molecular formula is C14H12BrCl2NS2. The van der Waals surface area contributed by atoms with E-state index in [0.717, 1.165) is 31.6 Å². The smallest absolute Gasteiger partial charge is 0.0542 e. The van der Waals surface area contributed by atoms with Crippen molar-refractivity contribution in [2.45, 2.75) is 9.79 Å². The van der Waals surface area contributed by atoms with Crippen LogP contribution >= 0.6 is 62.7 Å². The van der Waals surface area contributed by atoms with E-state index in [4.69, 9.17) is 28.9 Å². The van der Waals surface area contributed by atoms with Gasteiger partial charge in [0.15, 0.2) is 0 Å². The highest BCUT2D eigenvalue weighted by molar-refractivity contribution is 9.10. The van der Waals surface area contributed by atoms with Gasteiger partial charge in [-0.25, -0.2) is 0 Å². The van der Waals surface area contributed by atoms with Gasteiger partial charge in [0, 0.05) is 36.5 Å². The van der Waals surface area contributed by atoms with Crippen LogP contribution in [0, 0.1) is 0 Å². The van der Waals surface area contributed by atoms with Crippen LogP contribution in [0.2, 0.25) is 10.0 Å². The second-order valence-corrected chi connectivity index (χ2v) is 7.93. The van der Waals surface area contributed by atoms with Crippen molar-refractivity contribution in [3.05, 3.63) is 50.9 Å². The molecule has 2 N–H and O–H groups in total. The third kappa shape index (κ3) is 4.78. The second kappa shape index (κ2) is 7.85. The average molecular weight is 409 g/mol. The molecule has 6 heteroatoms. The molecule has 1 nitrogen and oxygen atoms in total. The van der Waals surface area contributed by atoms with Crippen molar-refractivity contribution >= 4 is 68.3 Å². The minimum Gasteiger partial charge on any atom is -0.399 e. The summed E-state index contributed by atoms with van der Waals surface area (Å²) in [7, 11) is 0. The minimum absolute atomic E-state index is 0.714. The highest BCUT2D eigenvalue weighted by Gasteiger charge is 2.04. The Morgan fingerprint density at radius 1 is 0.950 bits per heavy atom. The zero-order valence-electron chi connectivity index (χ0n) is 10.4. The Bertz CT molecular complexity index is 608. The lowest BCUT2D eigenvalue weighted by atomic mass is 10.3. The first kappa shape index (κ1) is 16.4. The summed E-state index contributed by atoms with van der Waals surface area (Å²) in [6.07, 6.45) is 0. The van der Waals surface area contributed by atoms with E-state index >= 15 is 0 Å². The molecule has 0 aliphatic heterocycles. The van der Waals surface area contributed by atoms with Gasteiger partial charge in [0.25, 0.3) is 0 Å². The molecule has 0 bridgehead atoms. The number of anilines is 1. The molecule has 2 aromatic rings. The summed E-state index contributed by atoms with van der Waals surface area (Å²) in [5.74, 6) is 1.94. The van der Waals surface area contributed by atoms with Crippen LogP contribution in [0.1, 0.15) is 0 Å². The maximum atomic E-state index is 6.13. The molecule has 0 unspecified atom stereocenters. The molecule has 2 aromatic carbocycles. The van der Waals surface area contributed by atoms with Crippen LogP contribution in [0.4, 0.5) is 5.69 Å². The summed E-state index contributed by atoms with van der Waals surface area (Å²) in [5, 5.41) is 1.46. The summed E-state index contributed by atoms with van der Waals surface area (Å²) in [6.45, 7) is 0. The quantitative estimate of drug-likeness (QED) is 0.361. The van der Waals surface area contributed by atoms with Crippen LogP contribution in [0.5, 0.6) is 0 Å². The highest BCUT2D eigenvalue weighted by Crippen LogP contribution is 2.33. The maximum absolute atomic E-state index is 6.13. The average Bonchev–Trinajstić information content (AvgIpc) is 2.40. The summed E-state index contributed by atoms with van der Waals surface area (Å²) >= 11 is 19.1.